The van der Waals surface area contributed by atoms with E-state index in [0.717, 1.165) is 11.1 Å². The molecule has 2 aliphatic rings. The van der Waals surface area contributed by atoms with Crippen molar-refractivity contribution in [1.29, 1.82) is 0 Å². The molecule has 1 N–H and O–H groups in total. The summed E-state index contributed by atoms with van der Waals surface area (Å²) in [6.07, 6.45) is 1.35. The number of halogens is 1. The van der Waals surface area contributed by atoms with Gasteiger partial charge >= 0.3 is 5.97 Å². The molecule has 1 unspecified atom stereocenters. The average Bonchev–Trinajstić information content (AvgIpc) is 2.88. The van der Waals surface area contributed by atoms with Crippen LogP contribution in [-0.4, -0.2) is 65.3 Å². The number of benzene rings is 2. The van der Waals surface area contributed by atoms with E-state index in [-0.39, 0.29) is 32.3 Å². The molecule has 0 spiro atoms. The molecule has 2 aliphatic heterocycles. The summed E-state index contributed by atoms with van der Waals surface area (Å²) in [7, 11) is -3.56. The van der Waals surface area contributed by atoms with Crippen LogP contribution in [0.4, 0.5) is 4.39 Å². The lowest BCUT2D eigenvalue weighted by atomic mass is 9.74. The molecule has 2 saturated heterocycles. The highest BCUT2D eigenvalue weighted by Crippen LogP contribution is 2.37. The highest BCUT2D eigenvalue weighted by atomic mass is 32.2. The number of rotatable bonds is 9. The van der Waals surface area contributed by atoms with Gasteiger partial charge in [0, 0.05) is 31.2 Å². The minimum atomic E-state index is -3.56. The molecule has 0 saturated carbocycles. The quantitative estimate of drug-likeness (QED) is 0.494. The molecule has 0 radical (unpaired) electrons. The number of ether oxygens (including phenoxy) is 3. The van der Waals surface area contributed by atoms with Gasteiger partial charge in [-0.05, 0) is 55.9 Å². The first-order chi connectivity index (χ1) is 17.8. The lowest BCUT2D eigenvalue weighted by molar-refractivity contribution is -0.149. The molecule has 2 heterocycles. The molecular formula is C28H36FNO6S. The van der Waals surface area contributed by atoms with Gasteiger partial charge in [-0.3, -0.25) is 0 Å². The lowest BCUT2D eigenvalue weighted by Crippen LogP contribution is -2.53. The second kappa shape index (κ2) is 12.0. The standard InChI is InChI=1S/C28H36FNO6S/c1-3-36-27(31)18-35-19-28(11-13-34-14-12-28)23-10-9-22(24(29)16-23)15-25-20(2)30-17-26(37(25,32)33)21-7-5-4-6-8-21/h4-10,16,20,25-26,30H,3,11-15,17-19H2,1-2H3/t20-,25?,26-/m0/s1. The van der Waals surface area contributed by atoms with Gasteiger partial charge in [0.15, 0.2) is 9.84 Å². The number of hydrogen-bond acceptors (Lipinski definition) is 7. The predicted octanol–water partition coefficient (Wildman–Crippen LogP) is 3.51. The van der Waals surface area contributed by atoms with Crippen LogP contribution in [0, 0.1) is 5.82 Å². The highest BCUT2D eigenvalue weighted by Gasteiger charge is 2.43. The summed E-state index contributed by atoms with van der Waals surface area (Å²) in [5.74, 6) is -0.866. The molecule has 2 aromatic rings. The van der Waals surface area contributed by atoms with Gasteiger partial charge in [0.1, 0.15) is 12.4 Å². The number of carbonyl (C=O) groups is 1. The maximum Gasteiger partial charge on any atom is 0.332 e. The fraction of sp³-hybridized carbons (Fsp3) is 0.536. The largest absolute Gasteiger partial charge is 0.464 e. The van der Waals surface area contributed by atoms with Crippen LogP contribution in [0.1, 0.15) is 48.6 Å². The smallest absolute Gasteiger partial charge is 0.332 e. The van der Waals surface area contributed by atoms with Gasteiger partial charge < -0.3 is 19.5 Å². The van der Waals surface area contributed by atoms with E-state index < -0.39 is 37.5 Å². The van der Waals surface area contributed by atoms with E-state index in [1.54, 1.807) is 13.0 Å². The van der Waals surface area contributed by atoms with Crippen molar-refractivity contribution in [3.8, 4) is 0 Å². The van der Waals surface area contributed by atoms with Gasteiger partial charge in [-0.15, -0.1) is 0 Å². The zero-order valence-corrected chi connectivity index (χ0v) is 22.3. The number of sulfone groups is 1. The predicted molar refractivity (Wildman–Crippen MR) is 139 cm³/mol. The van der Waals surface area contributed by atoms with Crippen molar-refractivity contribution in [2.75, 3.05) is 39.6 Å². The molecule has 37 heavy (non-hydrogen) atoms. The molecule has 0 bridgehead atoms. The van der Waals surface area contributed by atoms with Gasteiger partial charge in [0.05, 0.1) is 23.7 Å². The third-order valence-corrected chi connectivity index (χ3v) is 10.3. The molecule has 2 fully saturated rings. The maximum absolute atomic E-state index is 15.5. The second-order valence-corrected chi connectivity index (χ2v) is 12.3. The van der Waals surface area contributed by atoms with E-state index in [1.165, 1.54) is 6.07 Å². The van der Waals surface area contributed by atoms with E-state index in [0.29, 0.717) is 38.2 Å². The zero-order valence-electron chi connectivity index (χ0n) is 21.5. The Labute approximate surface area is 218 Å². The summed E-state index contributed by atoms with van der Waals surface area (Å²) >= 11 is 0. The van der Waals surface area contributed by atoms with E-state index in [9.17, 15) is 13.2 Å². The Hall–Kier alpha value is -2.33. The molecule has 0 aromatic heterocycles. The van der Waals surface area contributed by atoms with Crippen molar-refractivity contribution >= 4 is 15.8 Å². The van der Waals surface area contributed by atoms with Gasteiger partial charge in [-0.1, -0.05) is 42.5 Å². The van der Waals surface area contributed by atoms with Crippen molar-refractivity contribution in [1.82, 2.24) is 5.32 Å². The van der Waals surface area contributed by atoms with E-state index >= 15 is 4.39 Å². The minimum Gasteiger partial charge on any atom is -0.464 e. The Morgan fingerprint density at radius 1 is 1.16 bits per heavy atom. The Bertz CT molecular complexity index is 1170. The Balaban J connectivity index is 1.54. The van der Waals surface area contributed by atoms with Crippen LogP contribution in [0.5, 0.6) is 0 Å². The SMILES string of the molecule is CCOC(=O)COCC1(c2ccc(CC3[C@H](C)NC[C@@H](c4ccccc4)S3(=O)=O)c(F)c2)CCOCC1. The monoisotopic (exact) mass is 533 g/mol. The van der Waals surface area contributed by atoms with Gasteiger partial charge in [-0.25, -0.2) is 17.6 Å². The number of nitrogens with one attached hydrogen (secondary N) is 1. The van der Waals surface area contributed by atoms with Crippen LogP contribution in [0.15, 0.2) is 48.5 Å². The molecule has 9 heteroatoms. The summed E-state index contributed by atoms with van der Waals surface area (Å²) in [6.45, 7) is 5.29. The summed E-state index contributed by atoms with van der Waals surface area (Å²) in [5.41, 5.74) is 1.39. The maximum atomic E-state index is 15.5. The first-order valence-electron chi connectivity index (χ1n) is 12.9. The van der Waals surface area contributed by atoms with Crippen molar-refractivity contribution in [3.63, 3.8) is 0 Å². The molecule has 4 rings (SSSR count). The normalized spacial score (nSPS) is 24.9. The van der Waals surface area contributed by atoms with Crippen molar-refractivity contribution in [2.24, 2.45) is 0 Å². The molecule has 3 atom stereocenters. The first kappa shape index (κ1) is 27.7. The summed E-state index contributed by atoms with van der Waals surface area (Å²) in [4.78, 5) is 11.7. The fourth-order valence-corrected chi connectivity index (χ4v) is 7.74. The third kappa shape index (κ3) is 6.22. The molecule has 0 amide bonds. The van der Waals surface area contributed by atoms with Gasteiger partial charge in [-0.2, -0.15) is 0 Å². The summed E-state index contributed by atoms with van der Waals surface area (Å²) in [5, 5.41) is 1.90. The van der Waals surface area contributed by atoms with Crippen molar-refractivity contribution < 1.29 is 31.8 Å². The third-order valence-electron chi connectivity index (χ3n) is 7.61. The van der Waals surface area contributed by atoms with E-state index in [2.05, 4.69) is 5.32 Å². The second-order valence-electron chi connectivity index (χ2n) is 9.92. The molecular weight excluding hydrogens is 497 g/mol. The minimum absolute atomic E-state index is 0.0847. The van der Waals surface area contributed by atoms with Crippen LogP contribution >= 0.6 is 0 Å². The van der Waals surface area contributed by atoms with Crippen molar-refractivity contribution in [2.45, 2.75) is 55.1 Å². The van der Waals surface area contributed by atoms with E-state index in [1.807, 2.05) is 43.3 Å². The number of esters is 1. The molecule has 202 valence electrons. The summed E-state index contributed by atoms with van der Waals surface area (Å²) < 4.78 is 58.9. The topological polar surface area (TPSA) is 90.9 Å². The number of hydrogen-bond donors (Lipinski definition) is 1. The average molecular weight is 534 g/mol. The lowest BCUT2D eigenvalue weighted by Gasteiger charge is -2.38. The number of carbonyl (C=O) groups excluding carboxylic acids is 1. The van der Waals surface area contributed by atoms with Crippen LogP contribution in [0.25, 0.3) is 0 Å². The van der Waals surface area contributed by atoms with Crippen LogP contribution in [-0.2, 0) is 40.7 Å². The first-order valence-corrected chi connectivity index (χ1v) is 14.5. The van der Waals surface area contributed by atoms with Crippen LogP contribution in [0.3, 0.4) is 0 Å². The van der Waals surface area contributed by atoms with Crippen molar-refractivity contribution in [3.05, 3.63) is 71.0 Å². The summed E-state index contributed by atoms with van der Waals surface area (Å²) in [6, 6.07) is 13.9. The Kier molecular flexibility index (Phi) is 9.00. The zero-order chi connectivity index (χ0) is 26.5. The van der Waals surface area contributed by atoms with Crippen LogP contribution < -0.4 is 5.32 Å². The molecule has 2 aromatic carbocycles. The fourth-order valence-electron chi connectivity index (χ4n) is 5.37. The molecule has 0 aliphatic carbocycles. The van der Waals surface area contributed by atoms with Gasteiger partial charge in [0.2, 0.25) is 0 Å². The Morgan fingerprint density at radius 3 is 2.57 bits per heavy atom. The Morgan fingerprint density at radius 2 is 1.89 bits per heavy atom. The molecule has 7 nitrogen and oxygen atoms in total. The van der Waals surface area contributed by atoms with Crippen LogP contribution in [0.2, 0.25) is 0 Å². The highest BCUT2D eigenvalue weighted by molar-refractivity contribution is 7.92. The van der Waals surface area contributed by atoms with E-state index in [4.69, 9.17) is 14.2 Å². The van der Waals surface area contributed by atoms with Gasteiger partial charge in [0.25, 0.3) is 0 Å².